The number of halogens is 3. The lowest BCUT2D eigenvalue weighted by Gasteiger charge is -2.43. The average molecular weight is 304 g/mol. The lowest BCUT2D eigenvalue weighted by Crippen LogP contribution is -2.53. The smallest absolute Gasteiger partial charge is 0.377 e. The van der Waals surface area contributed by atoms with Crippen LogP contribution in [-0.4, -0.2) is 41.8 Å². The van der Waals surface area contributed by atoms with Gasteiger partial charge in [-0.1, -0.05) is 0 Å². The SMILES string of the molecule is CCNc1nc(N2CCOCC2(C)C)cc(C(F)(F)F)n1. The first kappa shape index (κ1) is 15.8. The summed E-state index contributed by atoms with van der Waals surface area (Å²) in [4.78, 5) is 9.56. The van der Waals surface area contributed by atoms with Crippen LogP contribution in [0.15, 0.2) is 6.07 Å². The van der Waals surface area contributed by atoms with Gasteiger partial charge in [-0.3, -0.25) is 0 Å². The fourth-order valence-corrected chi connectivity index (χ4v) is 2.24. The second-order valence-corrected chi connectivity index (χ2v) is 5.48. The van der Waals surface area contributed by atoms with Crippen LogP contribution in [0.2, 0.25) is 0 Å². The minimum atomic E-state index is -4.50. The highest BCUT2D eigenvalue weighted by atomic mass is 19.4. The molecule has 0 aromatic carbocycles. The molecule has 0 amide bonds. The van der Waals surface area contributed by atoms with Crippen molar-refractivity contribution in [1.82, 2.24) is 9.97 Å². The monoisotopic (exact) mass is 304 g/mol. The van der Waals surface area contributed by atoms with Gasteiger partial charge in [0.1, 0.15) is 5.82 Å². The second kappa shape index (κ2) is 5.67. The van der Waals surface area contributed by atoms with Gasteiger partial charge in [-0.2, -0.15) is 18.2 Å². The van der Waals surface area contributed by atoms with E-state index in [9.17, 15) is 13.2 Å². The maximum Gasteiger partial charge on any atom is 0.433 e. The minimum absolute atomic E-state index is 0.00961. The molecular weight excluding hydrogens is 285 g/mol. The number of morpholine rings is 1. The summed E-state index contributed by atoms with van der Waals surface area (Å²) in [6, 6.07) is 0.994. The van der Waals surface area contributed by atoms with E-state index < -0.39 is 17.4 Å². The van der Waals surface area contributed by atoms with Crippen LogP contribution in [0, 0.1) is 0 Å². The van der Waals surface area contributed by atoms with E-state index >= 15 is 0 Å². The van der Waals surface area contributed by atoms with E-state index in [1.807, 2.05) is 18.7 Å². The van der Waals surface area contributed by atoms with Gasteiger partial charge in [-0.25, -0.2) is 4.98 Å². The number of ether oxygens (including phenoxy) is 1. The molecule has 2 heterocycles. The van der Waals surface area contributed by atoms with Crippen molar-refractivity contribution in [2.45, 2.75) is 32.5 Å². The number of hydrogen-bond acceptors (Lipinski definition) is 5. The van der Waals surface area contributed by atoms with E-state index in [1.54, 1.807) is 6.92 Å². The molecule has 2 rings (SSSR count). The van der Waals surface area contributed by atoms with E-state index in [2.05, 4.69) is 15.3 Å². The topological polar surface area (TPSA) is 50.3 Å². The van der Waals surface area contributed by atoms with Crippen LogP contribution in [0.3, 0.4) is 0 Å². The predicted octanol–water partition coefficient (Wildman–Crippen LogP) is 2.54. The number of rotatable bonds is 3. The summed E-state index contributed by atoms with van der Waals surface area (Å²) in [5, 5.41) is 2.75. The van der Waals surface area contributed by atoms with Crippen molar-refractivity contribution in [3.8, 4) is 0 Å². The van der Waals surface area contributed by atoms with Crippen LogP contribution in [0.25, 0.3) is 0 Å². The van der Waals surface area contributed by atoms with Crippen LogP contribution in [0.1, 0.15) is 26.5 Å². The Balaban J connectivity index is 2.44. The Labute approximate surface area is 121 Å². The van der Waals surface area contributed by atoms with Crippen LogP contribution in [0.5, 0.6) is 0 Å². The number of alkyl halides is 3. The highest BCUT2D eigenvalue weighted by Crippen LogP contribution is 2.33. The third-order valence-electron chi connectivity index (χ3n) is 3.26. The molecule has 1 aromatic rings. The van der Waals surface area contributed by atoms with Crippen molar-refractivity contribution >= 4 is 11.8 Å². The first-order chi connectivity index (χ1) is 9.74. The Hall–Kier alpha value is -1.57. The molecule has 1 aromatic heterocycles. The van der Waals surface area contributed by atoms with Gasteiger partial charge in [0.05, 0.1) is 18.8 Å². The Bertz CT molecular complexity index is 505. The average Bonchev–Trinajstić information content (AvgIpc) is 2.37. The van der Waals surface area contributed by atoms with E-state index in [-0.39, 0.29) is 11.8 Å². The zero-order valence-electron chi connectivity index (χ0n) is 12.3. The summed E-state index contributed by atoms with van der Waals surface area (Å²) in [6.07, 6.45) is -4.50. The minimum Gasteiger partial charge on any atom is -0.377 e. The largest absolute Gasteiger partial charge is 0.433 e. The van der Waals surface area contributed by atoms with Gasteiger partial charge >= 0.3 is 6.18 Å². The van der Waals surface area contributed by atoms with Crippen molar-refractivity contribution in [3.63, 3.8) is 0 Å². The molecular formula is C13H19F3N4O. The van der Waals surface area contributed by atoms with Gasteiger partial charge in [-0.05, 0) is 20.8 Å². The Morgan fingerprint density at radius 2 is 2.10 bits per heavy atom. The van der Waals surface area contributed by atoms with Crippen LogP contribution in [0.4, 0.5) is 24.9 Å². The van der Waals surface area contributed by atoms with Gasteiger partial charge in [0.25, 0.3) is 0 Å². The van der Waals surface area contributed by atoms with E-state index in [4.69, 9.17) is 4.74 Å². The van der Waals surface area contributed by atoms with Crippen LogP contribution < -0.4 is 10.2 Å². The molecule has 0 bridgehead atoms. The van der Waals surface area contributed by atoms with Gasteiger partial charge < -0.3 is 15.0 Å². The summed E-state index contributed by atoms with van der Waals surface area (Å²) < 4.78 is 44.3. The molecule has 1 fully saturated rings. The van der Waals surface area contributed by atoms with E-state index in [1.165, 1.54) is 0 Å². The molecule has 5 nitrogen and oxygen atoms in total. The highest BCUT2D eigenvalue weighted by molar-refractivity contribution is 5.48. The molecule has 21 heavy (non-hydrogen) atoms. The van der Waals surface area contributed by atoms with Gasteiger partial charge in [-0.15, -0.1) is 0 Å². The predicted molar refractivity (Wildman–Crippen MR) is 73.4 cm³/mol. The molecule has 1 aliphatic heterocycles. The van der Waals surface area contributed by atoms with Crippen LogP contribution >= 0.6 is 0 Å². The van der Waals surface area contributed by atoms with Crippen LogP contribution in [-0.2, 0) is 10.9 Å². The van der Waals surface area contributed by atoms with Crippen molar-refractivity contribution in [2.24, 2.45) is 0 Å². The molecule has 0 unspecified atom stereocenters. The van der Waals surface area contributed by atoms with Gasteiger partial charge in [0, 0.05) is 19.2 Å². The summed E-state index contributed by atoms with van der Waals surface area (Å²) in [6.45, 7) is 7.45. The molecule has 0 saturated carbocycles. The second-order valence-electron chi connectivity index (χ2n) is 5.48. The molecule has 0 aliphatic carbocycles. The lowest BCUT2D eigenvalue weighted by molar-refractivity contribution is -0.141. The number of aromatic nitrogens is 2. The number of nitrogens with one attached hydrogen (secondary N) is 1. The first-order valence-electron chi connectivity index (χ1n) is 6.79. The summed E-state index contributed by atoms with van der Waals surface area (Å²) in [7, 11) is 0. The fourth-order valence-electron chi connectivity index (χ4n) is 2.24. The van der Waals surface area contributed by atoms with Gasteiger partial charge in [0.2, 0.25) is 5.95 Å². The number of hydrogen-bond donors (Lipinski definition) is 1. The van der Waals surface area contributed by atoms with Crippen molar-refractivity contribution in [2.75, 3.05) is 36.5 Å². The first-order valence-corrected chi connectivity index (χ1v) is 6.79. The Kier molecular flexibility index (Phi) is 4.27. The van der Waals surface area contributed by atoms with E-state index in [0.717, 1.165) is 6.07 Å². The molecule has 1 aliphatic rings. The third kappa shape index (κ3) is 3.55. The summed E-state index contributed by atoms with van der Waals surface area (Å²) in [5.41, 5.74) is -1.36. The zero-order valence-corrected chi connectivity index (χ0v) is 12.3. The maximum atomic E-state index is 13.0. The summed E-state index contributed by atoms with van der Waals surface area (Å²) in [5.74, 6) is 0.256. The standard InChI is InChI=1S/C13H19F3N4O/c1-4-17-11-18-9(13(14,15)16)7-10(19-11)20-5-6-21-8-12(20,2)3/h7H,4-6,8H2,1-3H3,(H,17,18,19). The van der Waals surface area contributed by atoms with E-state index in [0.29, 0.717) is 26.3 Å². The molecule has 1 N–H and O–H groups in total. The molecule has 118 valence electrons. The number of nitrogens with zero attached hydrogens (tertiary/aromatic N) is 3. The lowest BCUT2D eigenvalue weighted by atomic mass is 10.0. The van der Waals surface area contributed by atoms with Crippen molar-refractivity contribution < 1.29 is 17.9 Å². The third-order valence-corrected chi connectivity index (χ3v) is 3.26. The molecule has 1 saturated heterocycles. The molecule has 0 radical (unpaired) electrons. The Morgan fingerprint density at radius 3 is 2.67 bits per heavy atom. The highest BCUT2D eigenvalue weighted by Gasteiger charge is 2.37. The summed E-state index contributed by atoms with van der Waals surface area (Å²) >= 11 is 0. The fraction of sp³-hybridized carbons (Fsp3) is 0.692. The maximum absolute atomic E-state index is 13.0. The Morgan fingerprint density at radius 1 is 1.38 bits per heavy atom. The van der Waals surface area contributed by atoms with Gasteiger partial charge in [0.15, 0.2) is 5.69 Å². The quantitative estimate of drug-likeness (QED) is 0.930. The van der Waals surface area contributed by atoms with Crippen molar-refractivity contribution in [1.29, 1.82) is 0 Å². The molecule has 0 atom stereocenters. The number of anilines is 2. The normalized spacial score (nSPS) is 18.7. The zero-order chi connectivity index (χ0) is 15.7. The molecule has 8 heteroatoms. The van der Waals surface area contributed by atoms with Crippen molar-refractivity contribution in [3.05, 3.63) is 11.8 Å². The molecule has 0 spiro atoms.